The normalized spacial score (nSPS) is 13.1. The maximum atomic E-state index is 12.1. The Hall–Kier alpha value is -1.85. The first-order chi connectivity index (χ1) is 9.38. The van der Waals surface area contributed by atoms with Crippen LogP contribution < -0.4 is 0 Å². The van der Waals surface area contributed by atoms with Gasteiger partial charge in [0.25, 0.3) is 10.1 Å². The van der Waals surface area contributed by atoms with Gasteiger partial charge < -0.3 is 5.11 Å². The van der Waals surface area contributed by atoms with Crippen LogP contribution in [0, 0.1) is 6.92 Å². The number of rotatable bonds is 4. The molecule has 0 fully saturated rings. The summed E-state index contributed by atoms with van der Waals surface area (Å²) in [7, 11) is -3.80. The summed E-state index contributed by atoms with van der Waals surface area (Å²) in [5.74, 6) is 0.127. The van der Waals surface area contributed by atoms with Crippen molar-refractivity contribution < 1.29 is 17.7 Å². The van der Waals surface area contributed by atoms with Crippen molar-refractivity contribution in [3.8, 4) is 5.75 Å². The molecule has 0 heterocycles. The molecule has 0 saturated carbocycles. The van der Waals surface area contributed by atoms with Gasteiger partial charge in [0.1, 0.15) is 5.75 Å². The van der Waals surface area contributed by atoms with E-state index in [1.165, 1.54) is 24.3 Å². The van der Waals surface area contributed by atoms with E-state index < -0.39 is 16.2 Å². The van der Waals surface area contributed by atoms with Crippen LogP contribution in [0.5, 0.6) is 5.75 Å². The molecule has 0 aliphatic heterocycles. The van der Waals surface area contributed by atoms with Gasteiger partial charge in [0, 0.05) is 0 Å². The van der Waals surface area contributed by atoms with Gasteiger partial charge >= 0.3 is 0 Å². The molecule has 0 amide bonds. The number of aromatic hydroxyl groups is 1. The molecule has 1 unspecified atom stereocenters. The molecule has 1 N–H and O–H groups in total. The average Bonchev–Trinajstić information content (AvgIpc) is 2.39. The zero-order valence-corrected chi connectivity index (χ0v) is 12.1. The predicted molar refractivity (Wildman–Crippen MR) is 76.0 cm³/mol. The Morgan fingerprint density at radius 3 is 2.10 bits per heavy atom. The second-order valence-corrected chi connectivity index (χ2v) is 6.17. The SMILES string of the molecule is Cc1ccc(S(=O)(=O)OC(C)c2ccc(O)cc2)cc1. The minimum absolute atomic E-state index is 0.127. The maximum absolute atomic E-state index is 12.1. The van der Waals surface area contributed by atoms with Gasteiger partial charge in [-0.05, 0) is 43.7 Å². The lowest BCUT2D eigenvalue weighted by molar-refractivity contribution is 0.234. The molecule has 0 aliphatic rings. The Kier molecular flexibility index (Phi) is 4.11. The fraction of sp³-hybridized carbons (Fsp3) is 0.200. The van der Waals surface area contributed by atoms with Crippen LogP contribution in [0.25, 0.3) is 0 Å². The van der Waals surface area contributed by atoms with E-state index in [2.05, 4.69) is 0 Å². The number of hydrogen-bond donors (Lipinski definition) is 1. The average molecular weight is 292 g/mol. The van der Waals surface area contributed by atoms with E-state index in [1.54, 1.807) is 31.2 Å². The van der Waals surface area contributed by atoms with Gasteiger partial charge in [0.05, 0.1) is 11.0 Å². The van der Waals surface area contributed by atoms with E-state index in [1.807, 2.05) is 6.92 Å². The molecule has 0 aliphatic carbocycles. The summed E-state index contributed by atoms with van der Waals surface area (Å²) in [6, 6.07) is 12.7. The summed E-state index contributed by atoms with van der Waals surface area (Å²) in [5, 5.41) is 9.22. The Bertz CT molecular complexity index is 673. The summed E-state index contributed by atoms with van der Waals surface area (Å²) < 4.78 is 29.4. The summed E-state index contributed by atoms with van der Waals surface area (Å²) >= 11 is 0. The van der Waals surface area contributed by atoms with Crippen molar-refractivity contribution in [1.29, 1.82) is 0 Å². The highest BCUT2D eigenvalue weighted by atomic mass is 32.2. The molecule has 0 radical (unpaired) electrons. The Morgan fingerprint density at radius 1 is 1.00 bits per heavy atom. The van der Waals surface area contributed by atoms with Crippen molar-refractivity contribution in [2.24, 2.45) is 0 Å². The molecule has 0 aromatic heterocycles. The van der Waals surface area contributed by atoms with Gasteiger partial charge in [-0.1, -0.05) is 29.8 Å². The molecule has 2 aromatic carbocycles. The summed E-state index contributed by atoms with van der Waals surface area (Å²) in [6.07, 6.45) is -0.623. The molecule has 2 aromatic rings. The highest BCUT2D eigenvalue weighted by Crippen LogP contribution is 2.24. The van der Waals surface area contributed by atoms with Crippen LogP contribution in [0.4, 0.5) is 0 Å². The monoisotopic (exact) mass is 292 g/mol. The van der Waals surface area contributed by atoms with Crippen LogP contribution in [0.2, 0.25) is 0 Å². The highest BCUT2D eigenvalue weighted by Gasteiger charge is 2.19. The van der Waals surface area contributed by atoms with Crippen LogP contribution in [0.15, 0.2) is 53.4 Å². The molecule has 4 nitrogen and oxygen atoms in total. The van der Waals surface area contributed by atoms with Crippen LogP contribution in [-0.4, -0.2) is 13.5 Å². The van der Waals surface area contributed by atoms with E-state index in [9.17, 15) is 13.5 Å². The lowest BCUT2D eigenvalue weighted by Crippen LogP contribution is -2.10. The van der Waals surface area contributed by atoms with Gasteiger partial charge in [-0.2, -0.15) is 8.42 Å². The van der Waals surface area contributed by atoms with E-state index >= 15 is 0 Å². The van der Waals surface area contributed by atoms with Gasteiger partial charge in [-0.3, -0.25) is 4.18 Å². The summed E-state index contributed by atoms with van der Waals surface area (Å²) in [5.41, 5.74) is 1.66. The van der Waals surface area contributed by atoms with Gasteiger partial charge in [-0.15, -0.1) is 0 Å². The van der Waals surface area contributed by atoms with E-state index in [4.69, 9.17) is 4.18 Å². The third-order valence-corrected chi connectivity index (χ3v) is 4.33. The smallest absolute Gasteiger partial charge is 0.297 e. The molecular formula is C15H16O4S. The Morgan fingerprint density at radius 2 is 1.55 bits per heavy atom. The van der Waals surface area contributed by atoms with E-state index in [0.29, 0.717) is 5.56 Å². The van der Waals surface area contributed by atoms with Crippen molar-refractivity contribution in [1.82, 2.24) is 0 Å². The second-order valence-electron chi connectivity index (χ2n) is 4.60. The third kappa shape index (κ3) is 3.37. The fourth-order valence-electron chi connectivity index (χ4n) is 1.75. The quantitative estimate of drug-likeness (QED) is 0.879. The number of phenols is 1. The first kappa shape index (κ1) is 14.6. The summed E-state index contributed by atoms with van der Waals surface area (Å²) in [4.78, 5) is 0.133. The minimum atomic E-state index is -3.80. The lowest BCUT2D eigenvalue weighted by atomic mass is 10.1. The number of hydrogen-bond acceptors (Lipinski definition) is 4. The number of aryl methyl sites for hydroxylation is 1. The molecule has 2 rings (SSSR count). The van der Waals surface area contributed by atoms with Crippen LogP contribution >= 0.6 is 0 Å². The van der Waals surface area contributed by atoms with Crippen molar-refractivity contribution in [3.63, 3.8) is 0 Å². The largest absolute Gasteiger partial charge is 0.508 e. The number of phenolic OH excluding ortho intramolecular Hbond substituents is 1. The van der Waals surface area contributed by atoms with Crippen LogP contribution in [0.1, 0.15) is 24.2 Å². The number of benzene rings is 2. The van der Waals surface area contributed by atoms with Gasteiger partial charge in [0.15, 0.2) is 0 Å². The van der Waals surface area contributed by atoms with Crippen molar-refractivity contribution >= 4 is 10.1 Å². The Balaban J connectivity index is 2.19. The molecular weight excluding hydrogens is 276 g/mol. The highest BCUT2D eigenvalue weighted by molar-refractivity contribution is 7.86. The first-order valence-electron chi connectivity index (χ1n) is 6.17. The topological polar surface area (TPSA) is 63.6 Å². The van der Waals surface area contributed by atoms with Crippen molar-refractivity contribution in [2.45, 2.75) is 24.8 Å². The second kappa shape index (κ2) is 5.64. The molecule has 20 heavy (non-hydrogen) atoms. The van der Waals surface area contributed by atoms with Crippen LogP contribution in [-0.2, 0) is 14.3 Å². The molecule has 0 saturated heterocycles. The summed E-state index contributed by atoms with van der Waals surface area (Å²) in [6.45, 7) is 3.54. The Labute approximate surface area is 118 Å². The standard InChI is InChI=1S/C15H16O4S/c1-11-3-9-15(10-4-11)20(17,18)19-12(2)13-5-7-14(16)8-6-13/h3-10,12,16H,1-2H3. The van der Waals surface area contributed by atoms with Crippen LogP contribution in [0.3, 0.4) is 0 Å². The molecule has 106 valence electrons. The maximum Gasteiger partial charge on any atom is 0.297 e. The molecule has 0 spiro atoms. The zero-order chi connectivity index (χ0) is 14.8. The predicted octanol–water partition coefficient (Wildman–Crippen LogP) is 3.17. The van der Waals surface area contributed by atoms with E-state index in [-0.39, 0.29) is 10.6 Å². The third-order valence-electron chi connectivity index (χ3n) is 2.94. The van der Waals surface area contributed by atoms with E-state index in [0.717, 1.165) is 5.56 Å². The van der Waals surface area contributed by atoms with Gasteiger partial charge in [0.2, 0.25) is 0 Å². The molecule has 0 bridgehead atoms. The van der Waals surface area contributed by atoms with Gasteiger partial charge in [-0.25, -0.2) is 0 Å². The molecule has 5 heteroatoms. The minimum Gasteiger partial charge on any atom is -0.508 e. The zero-order valence-electron chi connectivity index (χ0n) is 11.3. The fourth-order valence-corrected chi connectivity index (χ4v) is 2.82. The lowest BCUT2D eigenvalue weighted by Gasteiger charge is -2.13. The first-order valence-corrected chi connectivity index (χ1v) is 7.58. The van der Waals surface area contributed by atoms with Crippen molar-refractivity contribution in [3.05, 3.63) is 59.7 Å². The molecule has 1 atom stereocenters. The van der Waals surface area contributed by atoms with Crippen molar-refractivity contribution in [2.75, 3.05) is 0 Å².